The van der Waals surface area contributed by atoms with E-state index in [0.29, 0.717) is 11.3 Å². The number of hydrogen-bond donors (Lipinski definition) is 1. The summed E-state index contributed by atoms with van der Waals surface area (Å²) in [7, 11) is -2.18. The van der Waals surface area contributed by atoms with E-state index in [-0.39, 0.29) is 28.0 Å². The largest absolute Gasteiger partial charge is 0.497 e. The highest BCUT2D eigenvalue weighted by Gasteiger charge is 2.18. The Morgan fingerprint density at radius 3 is 2.60 bits per heavy atom. The summed E-state index contributed by atoms with van der Waals surface area (Å²) in [4.78, 5) is 16.6. The van der Waals surface area contributed by atoms with Gasteiger partial charge in [0, 0.05) is 18.1 Å². The van der Waals surface area contributed by atoms with Gasteiger partial charge in [-0.15, -0.1) is 0 Å². The average molecular weight is 422 g/mol. The van der Waals surface area contributed by atoms with Crippen LogP contribution < -0.4 is 10.1 Å². The highest BCUT2D eigenvalue weighted by atomic mass is 32.2. The van der Waals surface area contributed by atoms with Crippen LogP contribution in [0.15, 0.2) is 87.3 Å². The first-order valence-corrected chi connectivity index (χ1v) is 10.6. The number of rotatable bonds is 6. The van der Waals surface area contributed by atoms with Crippen LogP contribution in [0.3, 0.4) is 0 Å². The summed E-state index contributed by atoms with van der Waals surface area (Å²) in [6.07, 6.45) is 3.17. The van der Waals surface area contributed by atoms with E-state index in [2.05, 4.69) is 10.3 Å². The van der Waals surface area contributed by atoms with Gasteiger partial charge in [0.2, 0.25) is 9.84 Å². The summed E-state index contributed by atoms with van der Waals surface area (Å²) in [5, 5.41) is 3.56. The van der Waals surface area contributed by atoms with Gasteiger partial charge in [-0.05, 0) is 48.0 Å². The van der Waals surface area contributed by atoms with Gasteiger partial charge in [-0.1, -0.05) is 18.2 Å². The molecule has 0 spiro atoms. The molecule has 4 aromatic rings. The van der Waals surface area contributed by atoms with E-state index in [1.54, 1.807) is 48.8 Å². The van der Waals surface area contributed by atoms with Gasteiger partial charge in [0.05, 0.1) is 23.1 Å². The first kappa shape index (κ1) is 19.7. The first-order valence-electron chi connectivity index (χ1n) is 9.07. The Bertz CT molecular complexity index is 1280. The molecule has 1 N–H and O–H groups in total. The van der Waals surface area contributed by atoms with Crippen LogP contribution in [-0.4, -0.2) is 26.4 Å². The lowest BCUT2D eigenvalue weighted by molar-refractivity contribution is 0.0925. The highest BCUT2D eigenvalue weighted by Crippen LogP contribution is 2.24. The summed E-state index contributed by atoms with van der Waals surface area (Å²) < 4.78 is 36.2. The molecular weight excluding hydrogens is 404 g/mol. The molecule has 0 radical (unpaired) electrons. The Hall–Kier alpha value is -3.65. The number of carbonyl (C=O) groups excluding carboxylic acids is 1. The molecule has 1 amide bonds. The fourth-order valence-corrected chi connectivity index (χ4v) is 4.25. The Kier molecular flexibility index (Phi) is 5.24. The molecule has 4 rings (SSSR count). The van der Waals surface area contributed by atoms with Gasteiger partial charge < -0.3 is 14.5 Å². The number of benzene rings is 2. The van der Waals surface area contributed by atoms with E-state index in [1.165, 1.54) is 31.4 Å². The quantitative estimate of drug-likeness (QED) is 0.510. The maximum absolute atomic E-state index is 12.8. The molecule has 152 valence electrons. The standard InChI is InChI=1S/C22H18N2O5S/c1-28-17-3-2-4-19(12-17)30(26,27)18-7-5-15(6-8-18)13-24-22(25)20-11-16-9-10-23-14-21(16)29-20/h2-12,14H,13H2,1H3,(H,24,25). The third-order valence-corrected chi connectivity index (χ3v) is 6.35. The number of amides is 1. The van der Waals surface area contributed by atoms with E-state index >= 15 is 0 Å². The Morgan fingerprint density at radius 2 is 1.87 bits per heavy atom. The van der Waals surface area contributed by atoms with Crippen LogP contribution in [0.2, 0.25) is 0 Å². The van der Waals surface area contributed by atoms with Crippen LogP contribution >= 0.6 is 0 Å². The van der Waals surface area contributed by atoms with Crippen molar-refractivity contribution >= 4 is 26.7 Å². The second kappa shape index (κ2) is 8.00. The van der Waals surface area contributed by atoms with Gasteiger partial charge >= 0.3 is 0 Å². The minimum atomic E-state index is -3.67. The summed E-state index contributed by atoms with van der Waals surface area (Å²) in [6.45, 7) is 0.230. The first-order chi connectivity index (χ1) is 14.5. The molecule has 0 fully saturated rings. The molecule has 0 aliphatic heterocycles. The van der Waals surface area contributed by atoms with Crippen molar-refractivity contribution < 1.29 is 22.4 Å². The molecule has 0 unspecified atom stereocenters. The molecule has 7 nitrogen and oxygen atoms in total. The van der Waals surface area contributed by atoms with Crippen molar-refractivity contribution in [1.29, 1.82) is 0 Å². The van der Waals surface area contributed by atoms with Crippen molar-refractivity contribution in [3.63, 3.8) is 0 Å². The number of ether oxygens (including phenoxy) is 1. The number of sulfone groups is 1. The summed E-state index contributed by atoms with van der Waals surface area (Å²) in [5.74, 6) is 0.297. The fraction of sp³-hybridized carbons (Fsp3) is 0.0909. The zero-order chi connectivity index (χ0) is 21.1. The SMILES string of the molecule is COc1cccc(S(=O)(=O)c2ccc(CNC(=O)c3cc4ccncc4o3)cc2)c1. The van der Waals surface area contributed by atoms with E-state index in [1.807, 2.05) is 0 Å². The molecule has 2 heterocycles. The van der Waals surface area contributed by atoms with Crippen LogP contribution in [0, 0.1) is 0 Å². The van der Waals surface area contributed by atoms with Crippen molar-refractivity contribution in [3.8, 4) is 5.75 Å². The number of nitrogens with zero attached hydrogens (tertiary/aromatic N) is 1. The maximum atomic E-state index is 12.8. The maximum Gasteiger partial charge on any atom is 0.287 e. The molecule has 0 saturated heterocycles. The third kappa shape index (κ3) is 3.90. The van der Waals surface area contributed by atoms with Crippen LogP contribution in [-0.2, 0) is 16.4 Å². The van der Waals surface area contributed by atoms with Crippen molar-refractivity contribution in [3.05, 3.63) is 84.4 Å². The van der Waals surface area contributed by atoms with Gasteiger partial charge in [-0.2, -0.15) is 0 Å². The summed E-state index contributed by atoms with van der Waals surface area (Å²) in [5.41, 5.74) is 1.29. The molecule has 0 aliphatic carbocycles. The topological polar surface area (TPSA) is 98.5 Å². The number of aromatic nitrogens is 1. The second-order valence-electron chi connectivity index (χ2n) is 6.53. The number of pyridine rings is 1. The lowest BCUT2D eigenvalue weighted by atomic mass is 10.2. The van der Waals surface area contributed by atoms with Crippen LogP contribution in [0.5, 0.6) is 5.75 Å². The normalized spacial score (nSPS) is 11.4. The predicted molar refractivity (Wildman–Crippen MR) is 110 cm³/mol. The molecule has 0 saturated carbocycles. The van der Waals surface area contributed by atoms with Gasteiger partial charge in [0.15, 0.2) is 11.3 Å². The van der Waals surface area contributed by atoms with Crippen molar-refractivity contribution in [1.82, 2.24) is 10.3 Å². The van der Waals surface area contributed by atoms with E-state index in [0.717, 1.165) is 10.9 Å². The second-order valence-corrected chi connectivity index (χ2v) is 8.48. The highest BCUT2D eigenvalue weighted by molar-refractivity contribution is 7.91. The Morgan fingerprint density at radius 1 is 1.07 bits per heavy atom. The minimum Gasteiger partial charge on any atom is -0.497 e. The van der Waals surface area contributed by atoms with Gasteiger partial charge in [0.1, 0.15) is 5.75 Å². The Labute approximate surface area is 173 Å². The van der Waals surface area contributed by atoms with Gasteiger partial charge in [0.25, 0.3) is 5.91 Å². The van der Waals surface area contributed by atoms with Crippen LogP contribution in [0.25, 0.3) is 11.0 Å². The van der Waals surface area contributed by atoms with Crippen molar-refractivity contribution in [2.75, 3.05) is 7.11 Å². The molecule has 30 heavy (non-hydrogen) atoms. The third-order valence-electron chi connectivity index (χ3n) is 4.58. The van der Waals surface area contributed by atoms with Gasteiger partial charge in [-0.25, -0.2) is 8.42 Å². The zero-order valence-corrected chi connectivity index (χ0v) is 16.8. The van der Waals surface area contributed by atoms with Crippen LogP contribution in [0.4, 0.5) is 0 Å². The minimum absolute atomic E-state index is 0.155. The molecular formula is C22H18N2O5S. The molecule has 2 aromatic heterocycles. The molecule has 0 bridgehead atoms. The summed E-state index contributed by atoms with van der Waals surface area (Å²) >= 11 is 0. The molecule has 0 aliphatic rings. The number of methoxy groups -OCH3 is 1. The van der Waals surface area contributed by atoms with E-state index in [9.17, 15) is 13.2 Å². The number of furan rings is 1. The lowest BCUT2D eigenvalue weighted by Crippen LogP contribution is -2.22. The molecule has 0 atom stereocenters. The fourth-order valence-electron chi connectivity index (χ4n) is 2.96. The zero-order valence-electron chi connectivity index (χ0n) is 16.0. The number of carbonyl (C=O) groups is 1. The monoisotopic (exact) mass is 422 g/mol. The van der Waals surface area contributed by atoms with E-state index in [4.69, 9.17) is 9.15 Å². The number of nitrogens with one attached hydrogen (secondary N) is 1. The smallest absolute Gasteiger partial charge is 0.287 e. The summed E-state index contributed by atoms with van der Waals surface area (Å²) in [6, 6.07) is 16.1. The van der Waals surface area contributed by atoms with Crippen molar-refractivity contribution in [2.45, 2.75) is 16.3 Å². The predicted octanol–water partition coefficient (Wildman–Crippen LogP) is 3.60. The number of fused-ring (bicyclic) bond motifs is 1. The molecule has 2 aromatic carbocycles. The Balaban J connectivity index is 1.46. The van der Waals surface area contributed by atoms with Crippen LogP contribution in [0.1, 0.15) is 16.1 Å². The number of hydrogen-bond acceptors (Lipinski definition) is 6. The van der Waals surface area contributed by atoms with Crippen molar-refractivity contribution in [2.24, 2.45) is 0 Å². The lowest BCUT2D eigenvalue weighted by Gasteiger charge is -2.08. The molecule has 8 heteroatoms. The van der Waals surface area contributed by atoms with E-state index < -0.39 is 9.84 Å². The van der Waals surface area contributed by atoms with Gasteiger partial charge in [-0.3, -0.25) is 9.78 Å². The average Bonchev–Trinajstić information content (AvgIpc) is 3.22.